The number of rotatable bonds is 2. The maximum atomic E-state index is 2.69. The molecule has 2 unspecified atom stereocenters. The fourth-order valence-electron chi connectivity index (χ4n) is 2.52. The van der Waals surface area contributed by atoms with Crippen molar-refractivity contribution in [3.63, 3.8) is 0 Å². The predicted octanol–water partition coefficient (Wildman–Crippen LogP) is 3.05. The van der Waals surface area contributed by atoms with E-state index in [1.807, 2.05) is 0 Å². The Hall–Kier alpha value is -0.0400. The first kappa shape index (κ1) is 10.0. The monoisotopic (exact) mass is 169 g/mol. The molecule has 72 valence electrons. The van der Waals surface area contributed by atoms with Gasteiger partial charge < -0.3 is 0 Å². The lowest BCUT2D eigenvalue weighted by molar-refractivity contribution is -0.0612. The first-order valence-corrected chi connectivity index (χ1v) is 5.29. The highest BCUT2D eigenvalue weighted by atomic mass is 15.3. The molecule has 0 aromatic heterocycles. The van der Waals surface area contributed by atoms with Crippen LogP contribution in [0.3, 0.4) is 0 Å². The Morgan fingerprint density at radius 3 is 1.75 bits per heavy atom. The van der Waals surface area contributed by atoms with Crippen molar-refractivity contribution >= 4 is 0 Å². The van der Waals surface area contributed by atoms with Gasteiger partial charge in [-0.2, -0.15) is 0 Å². The Kier molecular flexibility index (Phi) is 2.82. The van der Waals surface area contributed by atoms with E-state index >= 15 is 0 Å². The van der Waals surface area contributed by atoms with Crippen LogP contribution in [0.5, 0.6) is 0 Å². The lowest BCUT2D eigenvalue weighted by Gasteiger charge is -2.55. The molecule has 0 amide bonds. The largest absolute Gasteiger partial charge is 0.292 e. The molecule has 1 heteroatoms. The van der Waals surface area contributed by atoms with Gasteiger partial charge in [0.1, 0.15) is 0 Å². The highest BCUT2D eigenvalue weighted by molar-refractivity contribution is 4.97. The predicted molar refractivity (Wildman–Crippen MR) is 54.4 cm³/mol. The van der Waals surface area contributed by atoms with E-state index in [0.29, 0.717) is 5.54 Å². The second kappa shape index (κ2) is 3.37. The summed E-state index contributed by atoms with van der Waals surface area (Å²) in [6, 6.07) is 1.71. The topological polar surface area (TPSA) is 3.24 Å². The summed E-state index contributed by atoms with van der Waals surface area (Å²) in [5.41, 5.74) is 0.375. The molecule has 1 rings (SSSR count). The van der Waals surface area contributed by atoms with Gasteiger partial charge in [-0.1, -0.05) is 13.8 Å². The number of hydrogen-bond donors (Lipinski definition) is 0. The summed E-state index contributed by atoms with van der Waals surface area (Å²) in [6.07, 6.45) is 4.05. The second-order valence-corrected chi connectivity index (χ2v) is 4.94. The molecule has 0 aromatic rings. The summed E-state index contributed by atoms with van der Waals surface area (Å²) >= 11 is 0. The first-order valence-electron chi connectivity index (χ1n) is 5.29. The number of likely N-dealkylation sites (tertiary alicyclic amines) is 1. The standard InChI is InChI=1S/C11H23N/c1-6-9-8-10(7-2)12(9)11(3,4)5/h9-10H,6-8H2,1-5H3. The van der Waals surface area contributed by atoms with Crippen molar-refractivity contribution in [2.24, 2.45) is 0 Å². The molecular formula is C11H23N. The Labute approximate surface area is 77.1 Å². The lowest BCUT2D eigenvalue weighted by atomic mass is 9.83. The molecule has 0 bridgehead atoms. The van der Waals surface area contributed by atoms with Gasteiger partial charge in [0.25, 0.3) is 0 Å². The highest BCUT2D eigenvalue weighted by Gasteiger charge is 2.41. The third kappa shape index (κ3) is 1.66. The zero-order chi connectivity index (χ0) is 9.35. The van der Waals surface area contributed by atoms with E-state index in [-0.39, 0.29) is 0 Å². The molecule has 1 aliphatic heterocycles. The molecule has 0 N–H and O–H groups in total. The van der Waals surface area contributed by atoms with E-state index in [9.17, 15) is 0 Å². The van der Waals surface area contributed by atoms with Crippen molar-refractivity contribution in [1.29, 1.82) is 0 Å². The minimum atomic E-state index is 0.375. The van der Waals surface area contributed by atoms with E-state index in [0.717, 1.165) is 12.1 Å². The third-order valence-electron chi connectivity index (χ3n) is 3.05. The maximum Gasteiger partial charge on any atom is 0.0130 e. The Bertz CT molecular complexity index is 136. The molecule has 1 fully saturated rings. The number of nitrogens with zero attached hydrogens (tertiary/aromatic N) is 1. The van der Waals surface area contributed by atoms with Crippen molar-refractivity contribution in [3.05, 3.63) is 0 Å². The van der Waals surface area contributed by atoms with Gasteiger partial charge in [0.2, 0.25) is 0 Å². The van der Waals surface area contributed by atoms with Crippen molar-refractivity contribution in [2.75, 3.05) is 0 Å². The van der Waals surface area contributed by atoms with E-state index in [1.54, 1.807) is 0 Å². The summed E-state index contributed by atoms with van der Waals surface area (Å²) in [6.45, 7) is 11.6. The van der Waals surface area contributed by atoms with Gasteiger partial charge in [0.15, 0.2) is 0 Å². The van der Waals surface area contributed by atoms with Crippen molar-refractivity contribution < 1.29 is 0 Å². The minimum Gasteiger partial charge on any atom is -0.292 e. The van der Waals surface area contributed by atoms with Crippen LogP contribution in [-0.2, 0) is 0 Å². The molecule has 1 heterocycles. The third-order valence-corrected chi connectivity index (χ3v) is 3.05. The molecule has 1 aliphatic rings. The molecule has 0 saturated carbocycles. The fraction of sp³-hybridized carbons (Fsp3) is 1.00. The van der Waals surface area contributed by atoms with Crippen LogP contribution in [0.1, 0.15) is 53.9 Å². The quantitative estimate of drug-likeness (QED) is 0.614. The summed E-state index contributed by atoms with van der Waals surface area (Å²) in [4.78, 5) is 2.69. The van der Waals surface area contributed by atoms with Gasteiger partial charge in [-0.25, -0.2) is 0 Å². The van der Waals surface area contributed by atoms with Crippen molar-refractivity contribution in [3.8, 4) is 0 Å². The summed E-state index contributed by atoms with van der Waals surface area (Å²) < 4.78 is 0. The Morgan fingerprint density at radius 1 is 1.08 bits per heavy atom. The van der Waals surface area contributed by atoms with Crippen LogP contribution in [0, 0.1) is 0 Å². The number of hydrogen-bond acceptors (Lipinski definition) is 1. The molecule has 0 aliphatic carbocycles. The van der Waals surface area contributed by atoms with Gasteiger partial charge in [-0.05, 0) is 40.0 Å². The van der Waals surface area contributed by atoms with Crippen LogP contribution >= 0.6 is 0 Å². The second-order valence-electron chi connectivity index (χ2n) is 4.94. The van der Waals surface area contributed by atoms with Gasteiger partial charge in [-0.3, -0.25) is 4.90 Å². The normalized spacial score (nSPS) is 31.8. The summed E-state index contributed by atoms with van der Waals surface area (Å²) in [5, 5.41) is 0. The van der Waals surface area contributed by atoms with Crippen molar-refractivity contribution in [2.45, 2.75) is 71.5 Å². The Balaban J connectivity index is 2.58. The van der Waals surface area contributed by atoms with Crippen LogP contribution in [-0.4, -0.2) is 22.5 Å². The van der Waals surface area contributed by atoms with Crippen LogP contribution < -0.4 is 0 Å². The van der Waals surface area contributed by atoms with Gasteiger partial charge in [-0.15, -0.1) is 0 Å². The van der Waals surface area contributed by atoms with Crippen LogP contribution in [0.2, 0.25) is 0 Å². The van der Waals surface area contributed by atoms with Crippen LogP contribution in [0.4, 0.5) is 0 Å². The SMILES string of the molecule is CCC1CC(CC)N1C(C)(C)C. The maximum absolute atomic E-state index is 2.69. The minimum absolute atomic E-state index is 0.375. The van der Waals surface area contributed by atoms with Gasteiger partial charge >= 0.3 is 0 Å². The van der Waals surface area contributed by atoms with E-state index in [1.165, 1.54) is 19.3 Å². The molecule has 0 aromatic carbocycles. The Morgan fingerprint density at radius 2 is 1.50 bits per heavy atom. The smallest absolute Gasteiger partial charge is 0.0130 e. The van der Waals surface area contributed by atoms with Crippen LogP contribution in [0.25, 0.3) is 0 Å². The van der Waals surface area contributed by atoms with Crippen molar-refractivity contribution in [1.82, 2.24) is 4.90 Å². The van der Waals surface area contributed by atoms with Gasteiger partial charge in [0, 0.05) is 17.6 Å². The van der Waals surface area contributed by atoms with E-state index in [4.69, 9.17) is 0 Å². The van der Waals surface area contributed by atoms with E-state index in [2.05, 4.69) is 39.5 Å². The van der Waals surface area contributed by atoms with E-state index < -0.39 is 0 Å². The zero-order valence-corrected chi connectivity index (χ0v) is 9.22. The lowest BCUT2D eigenvalue weighted by Crippen LogP contribution is -2.62. The fourth-order valence-corrected chi connectivity index (χ4v) is 2.52. The highest BCUT2D eigenvalue weighted by Crippen LogP contribution is 2.36. The van der Waals surface area contributed by atoms with Gasteiger partial charge in [0.05, 0.1) is 0 Å². The molecule has 0 radical (unpaired) electrons. The molecule has 0 spiro atoms. The molecule has 1 saturated heterocycles. The molecule has 2 atom stereocenters. The molecule has 12 heavy (non-hydrogen) atoms. The summed E-state index contributed by atoms with van der Waals surface area (Å²) in [5.74, 6) is 0. The molecular weight excluding hydrogens is 146 g/mol. The molecule has 1 nitrogen and oxygen atoms in total. The average molecular weight is 169 g/mol. The van der Waals surface area contributed by atoms with Crippen LogP contribution in [0.15, 0.2) is 0 Å². The average Bonchev–Trinajstić information content (AvgIpc) is 1.83. The first-order chi connectivity index (χ1) is 5.50. The zero-order valence-electron chi connectivity index (χ0n) is 9.22. The summed E-state index contributed by atoms with van der Waals surface area (Å²) in [7, 11) is 0.